The van der Waals surface area contributed by atoms with Crippen molar-refractivity contribution in [2.75, 3.05) is 20.2 Å². The van der Waals surface area contributed by atoms with Crippen LogP contribution in [-0.4, -0.2) is 45.5 Å². The molecule has 1 atom stereocenters. The van der Waals surface area contributed by atoms with Gasteiger partial charge in [0.05, 0.1) is 12.7 Å². The van der Waals surface area contributed by atoms with E-state index in [9.17, 15) is 4.79 Å². The van der Waals surface area contributed by atoms with Crippen LogP contribution in [-0.2, 0) is 6.54 Å². The summed E-state index contributed by atoms with van der Waals surface area (Å²) in [5.41, 5.74) is 2.98. The molecule has 1 saturated heterocycles. The lowest BCUT2D eigenvalue weighted by atomic mass is 10.1. The molecule has 2 aromatic heterocycles. The first-order chi connectivity index (χ1) is 13.7. The van der Waals surface area contributed by atoms with Crippen molar-refractivity contribution in [2.45, 2.75) is 25.8 Å². The van der Waals surface area contributed by atoms with E-state index in [1.54, 1.807) is 25.4 Å². The van der Waals surface area contributed by atoms with Crippen molar-refractivity contribution in [1.82, 2.24) is 19.4 Å². The second-order valence-electron chi connectivity index (χ2n) is 7.16. The van der Waals surface area contributed by atoms with Crippen LogP contribution >= 0.6 is 0 Å². The van der Waals surface area contributed by atoms with E-state index >= 15 is 0 Å². The van der Waals surface area contributed by atoms with Crippen LogP contribution in [0.3, 0.4) is 0 Å². The Morgan fingerprint density at radius 3 is 2.68 bits per heavy atom. The standard InChI is InChI=1S/C22H24N4O2/c1-16-12-24-21(26(16)14-17-6-4-3-5-7-17)19-10-11-25(15-19)22(27)18-8-9-20(28-2)23-13-18/h3-9,12-13,19H,10-11,14-15H2,1-2H3. The first-order valence-electron chi connectivity index (χ1n) is 9.51. The van der Waals surface area contributed by atoms with Crippen molar-refractivity contribution in [3.05, 3.63) is 77.5 Å². The summed E-state index contributed by atoms with van der Waals surface area (Å²) in [5.74, 6) is 1.82. The maximum Gasteiger partial charge on any atom is 0.255 e. The predicted octanol–water partition coefficient (Wildman–Crippen LogP) is 3.27. The third-order valence-corrected chi connectivity index (χ3v) is 5.30. The van der Waals surface area contributed by atoms with Crippen molar-refractivity contribution in [2.24, 2.45) is 0 Å². The molecule has 0 radical (unpaired) electrons. The molecule has 0 aliphatic carbocycles. The van der Waals surface area contributed by atoms with E-state index in [2.05, 4.69) is 45.7 Å². The summed E-state index contributed by atoms with van der Waals surface area (Å²) in [6, 6.07) is 13.9. The second-order valence-corrected chi connectivity index (χ2v) is 7.16. The van der Waals surface area contributed by atoms with Crippen molar-refractivity contribution in [1.29, 1.82) is 0 Å². The summed E-state index contributed by atoms with van der Waals surface area (Å²) in [7, 11) is 1.56. The van der Waals surface area contributed by atoms with Gasteiger partial charge in [0.15, 0.2) is 0 Å². The lowest BCUT2D eigenvalue weighted by Gasteiger charge is -2.18. The van der Waals surface area contributed by atoms with Gasteiger partial charge in [0.1, 0.15) is 5.82 Å². The molecule has 1 unspecified atom stereocenters. The highest BCUT2D eigenvalue weighted by Crippen LogP contribution is 2.28. The van der Waals surface area contributed by atoms with Crippen LogP contribution in [0.1, 0.15) is 39.8 Å². The number of hydrogen-bond acceptors (Lipinski definition) is 4. The first kappa shape index (κ1) is 18.2. The van der Waals surface area contributed by atoms with E-state index in [-0.39, 0.29) is 11.8 Å². The third-order valence-electron chi connectivity index (χ3n) is 5.30. The number of methoxy groups -OCH3 is 1. The molecule has 144 valence electrons. The minimum Gasteiger partial charge on any atom is -0.481 e. The second kappa shape index (κ2) is 7.84. The van der Waals surface area contributed by atoms with Crippen molar-refractivity contribution >= 4 is 5.91 Å². The monoisotopic (exact) mass is 376 g/mol. The van der Waals surface area contributed by atoms with Gasteiger partial charge in [0.2, 0.25) is 5.88 Å². The molecule has 6 nitrogen and oxygen atoms in total. The highest BCUT2D eigenvalue weighted by atomic mass is 16.5. The highest BCUT2D eigenvalue weighted by Gasteiger charge is 2.31. The van der Waals surface area contributed by atoms with E-state index in [1.165, 1.54) is 5.56 Å². The van der Waals surface area contributed by atoms with Crippen molar-refractivity contribution in [3.8, 4) is 5.88 Å². The zero-order chi connectivity index (χ0) is 19.5. The molecule has 1 aromatic carbocycles. The SMILES string of the molecule is COc1ccc(C(=O)N2CCC(c3ncc(C)n3Cc3ccccc3)C2)cn1. The molecule has 28 heavy (non-hydrogen) atoms. The maximum absolute atomic E-state index is 12.8. The van der Waals surface area contributed by atoms with Crippen LogP contribution in [0.25, 0.3) is 0 Å². The smallest absolute Gasteiger partial charge is 0.255 e. The molecule has 0 spiro atoms. The van der Waals surface area contributed by atoms with Gasteiger partial charge in [0.25, 0.3) is 5.91 Å². The quantitative estimate of drug-likeness (QED) is 0.686. The Bertz CT molecular complexity index is 950. The van der Waals surface area contributed by atoms with Gasteiger partial charge in [0, 0.05) is 49.7 Å². The van der Waals surface area contributed by atoms with Gasteiger partial charge in [-0.05, 0) is 25.0 Å². The fourth-order valence-corrected chi connectivity index (χ4v) is 3.74. The van der Waals surface area contributed by atoms with Gasteiger partial charge >= 0.3 is 0 Å². The molecule has 1 aliphatic rings. The molecule has 6 heteroatoms. The van der Waals surface area contributed by atoms with E-state index in [0.29, 0.717) is 18.0 Å². The van der Waals surface area contributed by atoms with Crippen molar-refractivity contribution in [3.63, 3.8) is 0 Å². The Morgan fingerprint density at radius 1 is 1.14 bits per heavy atom. The number of aryl methyl sites for hydroxylation is 1. The lowest BCUT2D eigenvalue weighted by molar-refractivity contribution is 0.0790. The number of benzene rings is 1. The topological polar surface area (TPSA) is 60.2 Å². The maximum atomic E-state index is 12.8. The number of ether oxygens (including phenoxy) is 1. The molecule has 3 aromatic rings. The number of amides is 1. The largest absolute Gasteiger partial charge is 0.481 e. The van der Waals surface area contributed by atoms with Crippen LogP contribution in [0, 0.1) is 6.92 Å². The van der Waals surface area contributed by atoms with E-state index in [0.717, 1.165) is 31.0 Å². The third kappa shape index (κ3) is 3.63. The molecule has 4 rings (SSSR count). The highest BCUT2D eigenvalue weighted by molar-refractivity contribution is 5.94. The number of carbonyl (C=O) groups excluding carboxylic acids is 1. The first-order valence-corrected chi connectivity index (χ1v) is 9.51. The van der Waals surface area contributed by atoms with Gasteiger partial charge in [-0.3, -0.25) is 4.79 Å². The number of aromatic nitrogens is 3. The van der Waals surface area contributed by atoms with E-state index in [1.807, 2.05) is 17.2 Å². The molecule has 1 fully saturated rings. The molecule has 1 amide bonds. The molecule has 0 saturated carbocycles. The molecule has 0 bridgehead atoms. The van der Waals surface area contributed by atoms with Gasteiger partial charge in [-0.25, -0.2) is 9.97 Å². The fourth-order valence-electron chi connectivity index (χ4n) is 3.74. The Balaban J connectivity index is 1.49. The predicted molar refractivity (Wildman–Crippen MR) is 107 cm³/mol. The van der Waals surface area contributed by atoms with Crippen LogP contribution in [0.4, 0.5) is 0 Å². The number of hydrogen-bond donors (Lipinski definition) is 0. The fraction of sp³-hybridized carbons (Fsp3) is 0.318. The summed E-state index contributed by atoms with van der Waals surface area (Å²) in [5, 5.41) is 0. The van der Waals surface area contributed by atoms with Crippen LogP contribution in [0.5, 0.6) is 5.88 Å². The van der Waals surface area contributed by atoms with Crippen LogP contribution < -0.4 is 4.74 Å². The van der Waals surface area contributed by atoms with E-state index < -0.39 is 0 Å². The molecular weight excluding hydrogens is 352 g/mol. The molecular formula is C22H24N4O2. The summed E-state index contributed by atoms with van der Waals surface area (Å²) < 4.78 is 7.33. The van der Waals surface area contributed by atoms with Gasteiger partial charge < -0.3 is 14.2 Å². The van der Waals surface area contributed by atoms with Crippen LogP contribution in [0.2, 0.25) is 0 Å². The Hall–Kier alpha value is -3.15. The van der Waals surface area contributed by atoms with Gasteiger partial charge in [-0.15, -0.1) is 0 Å². The minimum atomic E-state index is 0.00976. The van der Waals surface area contributed by atoms with E-state index in [4.69, 9.17) is 4.74 Å². The normalized spacial score (nSPS) is 16.4. The summed E-state index contributed by atoms with van der Waals surface area (Å²) in [6.07, 6.45) is 4.42. The molecule has 3 heterocycles. The minimum absolute atomic E-state index is 0.00976. The molecule has 0 N–H and O–H groups in total. The number of likely N-dealkylation sites (tertiary alicyclic amines) is 1. The summed E-state index contributed by atoms with van der Waals surface area (Å²) >= 11 is 0. The van der Waals surface area contributed by atoms with Gasteiger partial charge in [-0.1, -0.05) is 30.3 Å². The number of carbonyl (C=O) groups is 1. The summed E-state index contributed by atoms with van der Waals surface area (Å²) in [6.45, 7) is 4.29. The van der Waals surface area contributed by atoms with Crippen molar-refractivity contribution < 1.29 is 9.53 Å². The average molecular weight is 376 g/mol. The number of nitrogens with zero attached hydrogens (tertiary/aromatic N) is 4. The molecule has 1 aliphatic heterocycles. The lowest BCUT2D eigenvalue weighted by Crippen LogP contribution is -2.28. The zero-order valence-electron chi connectivity index (χ0n) is 16.2. The number of rotatable bonds is 5. The van der Waals surface area contributed by atoms with Gasteiger partial charge in [-0.2, -0.15) is 0 Å². The Morgan fingerprint density at radius 2 is 1.96 bits per heavy atom. The number of pyridine rings is 1. The Kier molecular flexibility index (Phi) is 5.10. The Labute approximate surface area is 164 Å². The zero-order valence-corrected chi connectivity index (χ0v) is 16.2. The van der Waals surface area contributed by atoms with Crippen LogP contribution in [0.15, 0.2) is 54.9 Å². The average Bonchev–Trinajstić information content (AvgIpc) is 3.36. The number of imidazole rings is 1. The summed E-state index contributed by atoms with van der Waals surface area (Å²) in [4.78, 5) is 23.5.